The van der Waals surface area contributed by atoms with E-state index in [9.17, 15) is 17.2 Å². The lowest BCUT2D eigenvalue weighted by molar-refractivity contribution is 0.597. The van der Waals surface area contributed by atoms with Crippen LogP contribution in [0.2, 0.25) is 5.02 Å². The Morgan fingerprint density at radius 1 is 1.00 bits per heavy atom. The maximum absolute atomic E-state index is 13.5. The van der Waals surface area contributed by atoms with E-state index in [1.807, 2.05) is 0 Å². The van der Waals surface area contributed by atoms with Gasteiger partial charge in [0, 0.05) is 5.02 Å². The van der Waals surface area contributed by atoms with E-state index in [1.54, 1.807) is 0 Å². The molecule has 0 aromatic heterocycles. The highest BCUT2D eigenvalue weighted by atomic mass is 35.5. The van der Waals surface area contributed by atoms with Crippen molar-refractivity contribution in [1.29, 1.82) is 0 Å². The molecule has 2 aromatic carbocycles. The molecule has 0 radical (unpaired) electrons. The quantitative estimate of drug-likeness (QED) is 0.944. The van der Waals surface area contributed by atoms with Crippen LogP contribution in [0.25, 0.3) is 0 Å². The van der Waals surface area contributed by atoms with Crippen molar-refractivity contribution >= 4 is 27.3 Å². The molecule has 0 atom stereocenters. The van der Waals surface area contributed by atoms with Crippen LogP contribution in [0, 0.1) is 11.6 Å². The molecule has 3 nitrogen and oxygen atoms in total. The predicted octanol–water partition coefficient (Wildman–Crippen LogP) is 3.42. The van der Waals surface area contributed by atoms with Crippen LogP contribution in [0.1, 0.15) is 0 Å². The normalized spacial score (nSPS) is 11.3. The number of rotatable bonds is 3. The van der Waals surface area contributed by atoms with Crippen molar-refractivity contribution in [1.82, 2.24) is 0 Å². The monoisotopic (exact) mass is 303 g/mol. The van der Waals surface area contributed by atoms with E-state index >= 15 is 0 Å². The Morgan fingerprint density at radius 3 is 2.21 bits per heavy atom. The van der Waals surface area contributed by atoms with Gasteiger partial charge >= 0.3 is 0 Å². The number of hydrogen-bond donors (Lipinski definition) is 1. The Balaban J connectivity index is 2.33. The zero-order valence-electron chi connectivity index (χ0n) is 9.40. The molecule has 0 spiro atoms. The van der Waals surface area contributed by atoms with Gasteiger partial charge in [0.25, 0.3) is 10.0 Å². The number of halogens is 3. The third-order valence-electron chi connectivity index (χ3n) is 2.30. The molecule has 0 fully saturated rings. The lowest BCUT2D eigenvalue weighted by Crippen LogP contribution is -2.13. The fourth-order valence-electron chi connectivity index (χ4n) is 1.39. The van der Waals surface area contributed by atoms with Gasteiger partial charge in [0.05, 0.1) is 10.6 Å². The van der Waals surface area contributed by atoms with Crippen LogP contribution in [0.4, 0.5) is 14.5 Å². The molecule has 0 heterocycles. The molecular formula is C12H8ClF2NO2S. The van der Waals surface area contributed by atoms with Crippen LogP contribution in [-0.2, 0) is 10.0 Å². The molecule has 0 aliphatic rings. The average Bonchev–Trinajstić information content (AvgIpc) is 2.33. The minimum Gasteiger partial charge on any atom is -0.277 e. The SMILES string of the molecule is O=S(=O)(Nc1ccc(Cl)cc1F)c1ccc(F)cc1. The Kier molecular flexibility index (Phi) is 3.73. The standard InChI is InChI=1S/C12H8ClF2NO2S/c13-8-1-6-12(11(15)7-8)16-19(17,18)10-4-2-9(14)3-5-10/h1-7,16H. The van der Waals surface area contributed by atoms with E-state index in [4.69, 9.17) is 11.6 Å². The van der Waals surface area contributed by atoms with Crippen molar-refractivity contribution < 1.29 is 17.2 Å². The van der Waals surface area contributed by atoms with Gasteiger partial charge in [-0.3, -0.25) is 4.72 Å². The summed E-state index contributed by atoms with van der Waals surface area (Å²) in [6, 6.07) is 7.74. The van der Waals surface area contributed by atoms with Gasteiger partial charge in [-0.1, -0.05) is 11.6 Å². The van der Waals surface area contributed by atoms with Crippen LogP contribution in [0.3, 0.4) is 0 Å². The van der Waals surface area contributed by atoms with Gasteiger partial charge in [0.15, 0.2) is 0 Å². The first-order valence-corrected chi connectivity index (χ1v) is 6.98. The zero-order chi connectivity index (χ0) is 14.0. The summed E-state index contributed by atoms with van der Waals surface area (Å²) in [6.45, 7) is 0. The van der Waals surface area contributed by atoms with Crippen molar-refractivity contribution in [2.24, 2.45) is 0 Å². The summed E-state index contributed by atoms with van der Waals surface area (Å²) >= 11 is 5.56. The van der Waals surface area contributed by atoms with Crippen molar-refractivity contribution in [2.75, 3.05) is 4.72 Å². The van der Waals surface area contributed by atoms with Crippen LogP contribution in [0.15, 0.2) is 47.4 Å². The summed E-state index contributed by atoms with van der Waals surface area (Å²) in [5, 5.41) is 0.155. The van der Waals surface area contributed by atoms with Gasteiger partial charge < -0.3 is 0 Å². The Bertz CT molecular complexity index is 702. The van der Waals surface area contributed by atoms with Gasteiger partial charge in [-0.15, -0.1) is 0 Å². The molecule has 0 saturated carbocycles. The summed E-state index contributed by atoms with van der Waals surface area (Å²) in [4.78, 5) is -0.164. The zero-order valence-corrected chi connectivity index (χ0v) is 11.0. The minimum atomic E-state index is -3.97. The van der Waals surface area contributed by atoms with Crippen LogP contribution >= 0.6 is 11.6 Å². The Labute approximate surface area is 113 Å². The summed E-state index contributed by atoms with van der Waals surface area (Å²) in [5.41, 5.74) is -0.228. The number of hydrogen-bond acceptors (Lipinski definition) is 2. The molecule has 0 saturated heterocycles. The Hall–Kier alpha value is -1.66. The van der Waals surface area contributed by atoms with E-state index in [0.29, 0.717) is 0 Å². The smallest absolute Gasteiger partial charge is 0.261 e. The van der Waals surface area contributed by atoms with Crippen LogP contribution in [0.5, 0.6) is 0 Å². The first-order chi connectivity index (χ1) is 8.88. The molecular weight excluding hydrogens is 296 g/mol. The molecule has 0 bridgehead atoms. The second-order valence-corrected chi connectivity index (χ2v) is 5.80. The summed E-state index contributed by atoms with van der Waals surface area (Å²) in [6.07, 6.45) is 0. The average molecular weight is 304 g/mol. The molecule has 0 aliphatic heterocycles. The summed E-state index contributed by atoms with van der Waals surface area (Å²) < 4.78 is 52.1. The highest BCUT2D eigenvalue weighted by Crippen LogP contribution is 2.22. The Morgan fingerprint density at radius 2 is 1.63 bits per heavy atom. The van der Waals surface area contributed by atoms with Crippen molar-refractivity contribution in [3.8, 4) is 0 Å². The molecule has 19 heavy (non-hydrogen) atoms. The maximum Gasteiger partial charge on any atom is 0.261 e. The third kappa shape index (κ3) is 3.21. The van der Waals surface area contributed by atoms with Gasteiger partial charge in [-0.2, -0.15) is 0 Å². The number of sulfonamides is 1. The fraction of sp³-hybridized carbons (Fsp3) is 0. The predicted molar refractivity (Wildman–Crippen MR) is 68.6 cm³/mol. The lowest BCUT2D eigenvalue weighted by atomic mass is 10.3. The molecule has 0 aliphatic carbocycles. The fourth-order valence-corrected chi connectivity index (χ4v) is 2.62. The maximum atomic E-state index is 13.5. The van der Waals surface area contributed by atoms with Crippen molar-refractivity contribution in [3.05, 3.63) is 59.1 Å². The number of benzene rings is 2. The molecule has 2 aromatic rings. The number of anilines is 1. The van der Waals surface area contributed by atoms with Crippen molar-refractivity contribution in [3.63, 3.8) is 0 Å². The first-order valence-electron chi connectivity index (χ1n) is 5.12. The van der Waals surface area contributed by atoms with E-state index < -0.39 is 21.7 Å². The van der Waals surface area contributed by atoms with E-state index in [2.05, 4.69) is 4.72 Å². The highest BCUT2D eigenvalue weighted by molar-refractivity contribution is 7.92. The summed E-state index contributed by atoms with van der Waals surface area (Å²) in [7, 11) is -3.97. The second kappa shape index (κ2) is 5.14. The third-order valence-corrected chi connectivity index (χ3v) is 3.92. The molecule has 0 amide bonds. The van der Waals surface area contributed by atoms with Gasteiger partial charge in [0.2, 0.25) is 0 Å². The number of nitrogens with one attached hydrogen (secondary N) is 1. The van der Waals surface area contributed by atoms with Crippen molar-refractivity contribution in [2.45, 2.75) is 4.90 Å². The van der Waals surface area contributed by atoms with Gasteiger partial charge in [-0.05, 0) is 42.5 Å². The molecule has 2 rings (SSSR count). The largest absolute Gasteiger partial charge is 0.277 e. The van der Waals surface area contributed by atoms with E-state index in [-0.39, 0.29) is 15.6 Å². The first kappa shape index (κ1) is 13.8. The highest BCUT2D eigenvalue weighted by Gasteiger charge is 2.16. The van der Waals surface area contributed by atoms with Crippen LogP contribution < -0.4 is 4.72 Å². The lowest BCUT2D eigenvalue weighted by Gasteiger charge is -2.09. The molecule has 100 valence electrons. The van der Waals surface area contributed by atoms with E-state index in [0.717, 1.165) is 30.3 Å². The molecule has 0 unspecified atom stereocenters. The van der Waals surface area contributed by atoms with Gasteiger partial charge in [0.1, 0.15) is 11.6 Å². The van der Waals surface area contributed by atoms with E-state index in [1.165, 1.54) is 12.1 Å². The minimum absolute atomic E-state index is 0.155. The van der Waals surface area contributed by atoms with Crippen LogP contribution in [-0.4, -0.2) is 8.42 Å². The summed E-state index contributed by atoms with van der Waals surface area (Å²) in [5.74, 6) is -1.35. The second-order valence-electron chi connectivity index (χ2n) is 3.68. The molecule has 1 N–H and O–H groups in total. The molecule has 7 heteroatoms. The van der Waals surface area contributed by atoms with Gasteiger partial charge in [-0.25, -0.2) is 17.2 Å². The topological polar surface area (TPSA) is 46.2 Å².